The fourth-order valence-corrected chi connectivity index (χ4v) is 2.66. The molecule has 0 amide bonds. The number of nitrogens with one attached hydrogen (secondary N) is 1. The molecule has 1 aromatic heterocycles. The first-order chi connectivity index (χ1) is 9.83. The minimum Gasteiger partial charge on any atom is -0.311 e. The lowest BCUT2D eigenvalue weighted by Crippen LogP contribution is -2.35. The van der Waals surface area contributed by atoms with Gasteiger partial charge in [-0.2, -0.15) is 5.26 Å². The maximum Gasteiger partial charge on any atom is 0.101 e. The molecule has 2 rings (SSSR count). The van der Waals surface area contributed by atoms with E-state index in [-0.39, 0.29) is 0 Å². The summed E-state index contributed by atoms with van der Waals surface area (Å²) < 4.78 is 0. The van der Waals surface area contributed by atoms with E-state index >= 15 is 0 Å². The van der Waals surface area contributed by atoms with Gasteiger partial charge in [-0.3, -0.25) is 4.98 Å². The van der Waals surface area contributed by atoms with Gasteiger partial charge >= 0.3 is 0 Å². The lowest BCUT2D eigenvalue weighted by Gasteiger charge is -2.26. The van der Waals surface area contributed by atoms with Crippen molar-refractivity contribution in [2.45, 2.75) is 39.2 Å². The van der Waals surface area contributed by atoms with E-state index in [0.717, 1.165) is 37.3 Å². The molecule has 1 aliphatic heterocycles. The van der Waals surface area contributed by atoms with E-state index in [2.05, 4.69) is 21.3 Å². The summed E-state index contributed by atoms with van der Waals surface area (Å²) in [7, 11) is 0. The van der Waals surface area contributed by atoms with Crippen LogP contribution in [0, 0.1) is 11.3 Å². The van der Waals surface area contributed by atoms with Crippen molar-refractivity contribution >= 4 is 0 Å². The Bertz CT molecular complexity index is 458. The highest BCUT2D eigenvalue weighted by atomic mass is 15.1. The fourth-order valence-electron chi connectivity index (χ4n) is 2.66. The molecule has 1 fully saturated rings. The minimum absolute atomic E-state index is 0.711. The average Bonchev–Trinajstić information content (AvgIpc) is 2.52. The molecule has 0 aliphatic carbocycles. The van der Waals surface area contributed by atoms with Gasteiger partial charge in [-0.1, -0.05) is 13.3 Å². The summed E-state index contributed by atoms with van der Waals surface area (Å²) in [5.74, 6) is 0. The summed E-state index contributed by atoms with van der Waals surface area (Å²) in [5.41, 5.74) is 2.70. The Morgan fingerprint density at radius 3 is 2.85 bits per heavy atom. The van der Waals surface area contributed by atoms with Crippen LogP contribution in [0.5, 0.6) is 0 Å². The normalized spacial score (nSPS) is 16.0. The zero-order valence-corrected chi connectivity index (χ0v) is 12.4. The molecule has 2 heterocycles. The first-order valence-electron chi connectivity index (χ1n) is 7.64. The zero-order valence-electron chi connectivity index (χ0n) is 12.4. The molecule has 0 bridgehead atoms. The zero-order chi connectivity index (χ0) is 14.2. The van der Waals surface area contributed by atoms with Gasteiger partial charge in [0.05, 0.1) is 11.3 Å². The van der Waals surface area contributed by atoms with Crippen LogP contribution in [0.25, 0.3) is 0 Å². The first-order valence-corrected chi connectivity index (χ1v) is 7.64. The quantitative estimate of drug-likeness (QED) is 0.806. The van der Waals surface area contributed by atoms with Crippen LogP contribution >= 0.6 is 0 Å². The number of piperidine rings is 1. The van der Waals surface area contributed by atoms with Crippen LogP contribution in [0.3, 0.4) is 0 Å². The topological polar surface area (TPSA) is 52.0 Å². The predicted octanol–water partition coefficient (Wildman–Crippen LogP) is 2.09. The van der Waals surface area contributed by atoms with E-state index in [1.54, 1.807) is 0 Å². The molecule has 4 nitrogen and oxygen atoms in total. The highest BCUT2D eigenvalue weighted by molar-refractivity contribution is 5.35. The minimum atomic E-state index is 0.711. The van der Waals surface area contributed by atoms with Crippen molar-refractivity contribution in [3.8, 4) is 6.07 Å². The molecule has 1 aromatic rings. The third kappa shape index (κ3) is 4.29. The number of nitriles is 1. The van der Waals surface area contributed by atoms with Gasteiger partial charge < -0.3 is 10.2 Å². The highest BCUT2D eigenvalue weighted by Gasteiger charge is 2.09. The molecule has 1 aliphatic rings. The van der Waals surface area contributed by atoms with E-state index in [4.69, 9.17) is 5.26 Å². The number of hydrogen-bond donors (Lipinski definition) is 1. The Hall–Kier alpha value is -1.44. The van der Waals surface area contributed by atoms with E-state index < -0.39 is 0 Å². The molecule has 0 radical (unpaired) electrons. The second kappa shape index (κ2) is 7.98. The number of aryl methyl sites for hydroxylation is 1. The van der Waals surface area contributed by atoms with Crippen molar-refractivity contribution in [1.29, 1.82) is 5.26 Å². The Morgan fingerprint density at radius 1 is 1.35 bits per heavy atom. The molecule has 108 valence electrons. The molecule has 0 aromatic carbocycles. The summed E-state index contributed by atoms with van der Waals surface area (Å²) in [4.78, 5) is 6.89. The molecular weight excluding hydrogens is 248 g/mol. The van der Waals surface area contributed by atoms with Gasteiger partial charge in [0.15, 0.2) is 0 Å². The van der Waals surface area contributed by atoms with E-state index in [1.807, 2.05) is 19.2 Å². The van der Waals surface area contributed by atoms with Gasteiger partial charge in [-0.15, -0.1) is 0 Å². The fraction of sp³-hybridized carbons (Fsp3) is 0.625. The van der Waals surface area contributed by atoms with Crippen LogP contribution < -0.4 is 5.32 Å². The van der Waals surface area contributed by atoms with E-state index in [0.29, 0.717) is 5.56 Å². The van der Waals surface area contributed by atoms with Crippen LogP contribution in [-0.2, 0) is 13.0 Å². The summed E-state index contributed by atoms with van der Waals surface area (Å²) >= 11 is 0. The van der Waals surface area contributed by atoms with E-state index in [1.165, 1.54) is 32.4 Å². The van der Waals surface area contributed by atoms with Gasteiger partial charge in [-0.25, -0.2) is 0 Å². The number of rotatable bonds is 6. The van der Waals surface area contributed by atoms with Crippen LogP contribution in [0.2, 0.25) is 0 Å². The van der Waals surface area contributed by atoms with E-state index in [9.17, 15) is 0 Å². The SMILES string of the molecule is CCc1ncc(CNCCN2CCCCC2)cc1C#N. The molecule has 0 unspecified atom stereocenters. The lowest BCUT2D eigenvalue weighted by molar-refractivity contribution is 0.229. The van der Waals surface area contributed by atoms with Crippen molar-refractivity contribution in [2.75, 3.05) is 26.2 Å². The summed E-state index contributed by atoms with van der Waals surface area (Å²) in [6, 6.07) is 4.19. The van der Waals surface area contributed by atoms with Crippen molar-refractivity contribution in [3.05, 3.63) is 29.1 Å². The third-order valence-corrected chi connectivity index (χ3v) is 3.86. The smallest absolute Gasteiger partial charge is 0.101 e. The molecular formula is C16H24N4. The Kier molecular flexibility index (Phi) is 5.97. The van der Waals surface area contributed by atoms with Crippen LogP contribution in [0.1, 0.15) is 43.0 Å². The molecule has 0 atom stereocenters. The number of nitrogens with zero attached hydrogens (tertiary/aromatic N) is 3. The van der Waals surface area contributed by atoms with Crippen molar-refractivity contribution in [1.82, 2.24) is 15.2 Å². The monoisotopic (exact) mass is 272 g/mol. The predicted molar refractivity (Wildman–Crippen MR) is 80.3 cm³/mol. The lowest BCUT2D eigenvalue weighted by atomic mass is 10.1. The third-order valence-electron chi connectivity index (χ3n) is 3.86. The Balaban J connectivity index is 1.75. The summed E-state index contributed by atoms with van der Waals surface area (Å²) in [5, 5.41) is 12.5. The van der Waals surface area contributed by atoms with Gasteiger partial charge in [0, 0.05) is 25.8 Å². The van der Waals surface area contributed by atoms with Crippen LogP contribution in [0.15, 0.2) is 12.3 Å². The van der Waals surface area contributed by atoms with Gasteiger partial charge in [0.25, 0.3) is 0 Å². The molecule has 1 N–H and O–H groups in total. The molecule has 4 heteroatoms. The van der Waals surface area contributed by atoms with Crippen molar-refractivity contribution in [2.24, 2.45) is 0 Å². The molecule has 0 saturated carbocycles. The van der Waals surface area contributed by atoms with Gasteiger partial charge in [-0.05, 0) is 44.0 Å². The van der Waals surface area contributed by atoms with Crippen LogP contribution in [-0.4, -0.2) is 36.1 Å². The van der Waals surface area contributed by atoms with Crippen molar-refractivity contribution < 1.29 is 0 Å². The van der Waals surface area contributed by atoms with Gasteiger partial charge in [0.1, 0.15) is 6.07 Å². The van der Waals surface area contributed by atoms with Crippen LogP contribution in [0.4, 0.5) is 0 Å². The van der Waals surface area contributed by atoms with Crippen molar-refractivity contribution in [3.63, 3.8) is 0 Å². The second-order valence-corrected chi connectivity index (χ2v) is 5.38. The first kappa shape index (κ1) is 15.0. The average molecular weight is 272 g/mol. The molecule has 20 heavy (non-hydrogen) atoms. The summed E-state index contributed by atoms with van der Waals surface area (Å²) in [6.45, 7) is 7.42. The standard InChI is InChI=1S/C16H24N4/c1-2-16-15(11-17)10-14(13-19-16)12-18-6-9-20-7-4-3-5-8-20/h10,13,18H,2-9,12H2,1H3. The molecule has 1 saturated heterocycles. The maximum atomic E-state index is 9.10. The second-order valence-electron chi connectivity index (χ2n) is 5.38. The largest absolute Gasteiger partial charge is 0.311 e. The summed E-state index contributed by atoms with van der Waals surface area (Å²) in [6.07, 6.45) is 6.76. The number of hydrogen-bond acceptors (Lipinski definition) is 4. The Labute approximate surface area is 121 Å². The maximum absolute atomic E-state index is 9.10. The number of likely N-dealkylation sites (tertiary alicyclic amines) is 1. The van der Waals surface area contributed by atoms with Gasteiger partial charge in [0.2, 0.25) is 0 Å². The number of pyridine rings is 1. The Morgan fingerprint density at radius 2 is 2.15 bits per heavy atom. The highest BCUT2D eigenvalue weighted by Crippen LogP contribution is 2.09. The number of aromatic nitrogens is 1. The molecule has 0 spiro atoms.